The molecule has 1 aliphatic heterocycles. The zero-order valence-corrected chi connectivity index (χ0v) is 25.6. The van der Waals surface area contributed by atoms with Crippen LogP contribution in [0.25, 0.3) is 17.4 Å². The van der Waals surface area contributed by atoms with E-state index in [1.807, 2.05) is 26.0 Å². The van der Waals surface area contributed by atoms with Crippen molar-refractivity contribution in [3.8, 4) is 11.3 Å². The standard InChI is InChI=1S/C31H27Cl2N3O5S/c1-5-35(6-2)29(38)26-17(3)34-31-36(27(26)18-7-9-19(32)10-8-18)28(37)25(42-31)16-21-12-14-24(41-21)23-15-20(33)11-13-22(23)30(39)40-4/h7-16,27H,5-6H2,1-4H3/b25-16-/t27-/m0/s1. The van der Waals surface area contributed by atoms with Crippen LogP contribution in [0, 0.1) is 0 Å². The maximum absolute atomic E-state index is 13.9. The van der Waals surface area contributed by atoms with E-state index in [0.717, 1.165) is 5.56 Å². The van der Waals surface area contributed by atoms with E-state index in [-0.39, 0.29) is 11.5 Å². The molecule has 0 spiro atoms. The summed E-state index contributed by atoms with van der Waals surface area (Å²) in [6.07, 6.45) is 1.62. The summed E-state index contributed by atoms with van der Waals surface area (Å²) < 4.78 is 12.9. The fourth-order valence-corrected chi connectivity index (χ4v) is 6.27. The minimum atomic E-state index is -0.685. The summed E-state index contributed by atoms with van der Waals surface area (Å²) in [6, 6.07) is 14.6. The van der Waals surface area contributed by atoms with Crippen LogP contribution in [0.5, 0.6) is 0 Å². The predicted octanol–water partition coefficient (Wildman–Crippen LogP) is 5.46. The molecule has 1 amide bonds. The van der Waals surface area contributed by atoms with Crippen LogP contribution >= 0.6 is 34.5 Å². The summed E-state index contributed by atoms with van der Waals surface area (Å²) in [4.78, 5) is 46.8. The van der Waals surface area contributed by atoms with Crippen molar-refractivity contribution in [1.82, 2.24) is 9.47 Å². The maximum atomic E-state index is 13.9. The molecule has 0 N–H and O–H groups in total. The number of ether oxygens (including phenoxy) is 1. The molecule has 0 fully saturated rings. The van der Waals surface area contributed by atoms with E-state index in [1.165, 1.54) is 18.4 Å². The molecule has 0 unspecified atom stereocenters. The van der Waals surface area contributed by atoms with Crippen molar-refractivity contribution in [2.45, 2.75) is 26.8 Å². The van der Waals surface area contributed by atoms with Crippen molar-refractivity contribution in [1.29, 1.82) is 0 Å². The first-order chi connectivity index (χ1) is 20.2. The van der Waals surface area contributed by atoms with Gasteiger partial charge in [0.2, 0.25) is 0 Å². The van der Waals surface area contributed by atoms with Crippen LogP contribution in [-0.2, 0) is 9.53 Å². The highest BCUT2D eigenvalue weighted by Crippen LogP contribution is 2.32. The van der Waals surface area contributed by atoms with Crippen molar-refractivity contribution in [3.63, 3.8) is 0 Å². The Hall–Kier alpha value is -3.92. The molecule has 1 aliphatic rings. The van der Waals surface area contributed by atoms with Crippen molar-refractivity contribution >= 4 is 52.5 Å². The topological polar surface area (TPSA) is 94.1 Å². The van der Waals surface area contributed by atoms with Crippen LogP contribution in [0.1, 0.15) is 48.5 Å². The molecule has 3 heterocycles. The van der Waals surface area contributed by atoms with Gasteiger partial charge >= 0.3 is 5.97 Å². The van der Waals surface area contributed by atoms with Crippen LogP contribution in [0.3, 0.4) is 0 Å². The fourth-order valence-electron chi connectivity index (χ4n) is 4.95. The van der Waals surface area contributed by atoms with Gasteiger partial charge < -0.3 is 14.1 Å². The van der Waals surface area contributed by atoms with E-state index in [2.05, 4.69) is 4.99 Å². The normalized spacial score (nSPS) is 14.9. The highest BCUT2D eigenvalue weighted by atomic mass is 35.5. The van der Waals surface area contributed by atoms with Gasteiger partial charge in [0.1, 0.15) is 11.5 Å². The van der Waals surface area contributed by atoms with E-state index >= 15 is 0 Å². The van der Waals surface area contributed by atoms with Crippen molar-refractivity contribution in [3.05, 3.63) is 112 Å². The number of halogens is 2. The smallest absolute Gasteiger partial charge is 0.338 e. The highest BCUT2D eigenvalue weighted by molar-refractivity contribution is 7.07. The molecule has 216 valence electrons. The van der Waals surface area contributed by atoms with Crippen LogP contribution < -0.4 is 14.9 Å². The summed E-state index contributed by atoms with van der Waals surface area (Å²) in [5.74, 6) is 0.0813. The number of fused-ring (bicyclic) bond motifs is 1. The third-order valence-corrected chi connectivity index (χ3v) is 8.51. The fraction of sp³-hybridized carbons (Fsp3) is 0.226. The van der Waals surface area contributed by atoms with Gasteiger partial charge in [0.15, 0.2) is 4.80 Å². The van der Waals surface area contributed by atoms with Crippen LogP contribution in [-0.4, -0.2) is 41.5 Å². The van der Waals surface area contributed by atoms with E-state index in [4.69, 9.17) is 32.4 Å². The molecule has 0 aliphatic carbocycles. The first-order valence-corrected chi connectivity index (χ1v) is 14.8. The Morgan fingerprint density at radius 3 is 2.43 bits per heavy atom. The van der Waals surface area contributed by atoms with E-state index < -0.39 is 12.0 Å². The minimum Gasteiger partial charge on any atom is -0.465 e. The molecule has 0 saturated heterocycles. The number of furan rings is 1. The van der Waals surface area contributed by atoms with Gasteiger partial charge in [-0.3, -0.25) is 14.2 Å². The number of nitrogens with zero attached hydrogens (tertiary/aromatic N) is 3. The Labute approximate surface area is 255 Å². The first kappa shape index (κ1) is 29.6. The van der Waals surface area contributed by atoms with Gasteiger partial charge in [-0.05, 0) is 68.8 Å². The number of benzene rings is 2. The number of hydrogen-bond acceptors (Lipinski definition) is 7. The molecule has 0 saturated carbocycles. The van der Waals surface area contributed by atoms with Crippen molar-refractivity contribution < 1.29 is 18.7 Å². The Morgan fingerprint density at radius 1 is 1.07 bits per heavy atom. The first-order valence-electron chi connectivity index (χ1n) is 13.2. The monoisotopic (exact) mass is 623 g/mol. The summed E-state index contributed by atoms with van der Waals surface area (Å²) in [6.45, 7) is 6.67. The molecule has 2 aromatic carbocycles. The Balaban J connectivity index is 1.64. The lowest BCUT2D eigenvalue weighted by Gasteiger charge is -2.29. The lowest BCUT2D eigenvalue weighted by atomic mass is 9.94. The lowest BCUT2D eigenvalue weighted by molar-refractivity contribution is -0.127. The number of carbonyl (C=O) groups is 2. The molecular formula is C31H27Cl2N3O5S. The molecule has 4 aromatic rings. The minimum absolute atomic E-state index is 0.172. The summed E-state index contributed by atoms with van der Waals surface area (Å²) in [5.41, 5.74) is 2.19. The second-order valence-corrected chi connectivity index (χ2v) is 11.4. The average Bonchev–Trinajstić information content (AvgIpc) is 3.57. The second-order valence-electron chi connectivity index (χ2n) is 9.49. The van der Waals surface area contributed by atoms with Crippen molar-refractivity contribution in [2.75, 3.05) is 20.2 Å². The molecule has 42 heavy (non-hydrogen) atoms. The number of likely N-dealkylation sites (N-methyl/N-ethyl adjacent to an activating group) is 1. The van der Waals surface area contributed by atoms with E-state index in [9.17, 15) is 14.4 Å². The number of methoxy groups -OCH3 is 1. The van der Waals surface area contributed by atoms with Gasteiger partial charge in [-0.25, -0.2) is 9.79 Å². The highest BCUT2D eigenvalue weighted by Gasteiger charge is 2.34. The maximum Gasteiger partial charge on any atom is 0.338 e. The number of carbonyl (C=O) groups excluding carboxylic acids is 2. The largest absolute Gasteiger partial charge is 0.465 e. The van der Waals surface area contributed by atoms with Crippen molar-refractivity contribution in [2.24, 2.45) is 4.99 Å². The van der Waals surface area contributed by atoms with E-state index in [1.54, 1.807) is 64.9 Å². The number of aromatic nitrogens is 1. The van der Waals surface area contributed by atoms with Gasteiger partial charge in [-0.15, -0.1) is 0 Å². The number of rotatable bonds is 7. The third kappa shape index (κ3) is 5.47. The van der Waals surface area contributed by atoms with Crippen LogP contribution in [0.15, 0.2) is 80.1 Å². The molecular weight excluding hydrogens is 597 g/mol. The summed E-state index contributed by atoms with van der Waals surface area (Å²) in [7, 11) is 1.30. The third-order valence-electron chi connectivity index (χ3n) is 7.04. The summed E-state index contributed by atoms with van der Waals surface area (Å²) in [5, 5.41) is 0.976. The predicted molar refractivity (Wildman–Crippen MR) is 164 cm³/mol. The van der Waals surface area contributed by atoms with Crippen LogP contribution in [0.2, 0.25) is 10.0 Å². The van der Waals surface area contributed by atoms with E-state index in [0.29, 0.717) is 66.4 Å². The molecule has 2 aromatic heterocycles. The van der Waals surface area contributed by atoms with Gasteiger partial charge in [0.25, 0.3) is 11.5 Å². The number of thiazole rings is 1. The van der Waals surface area contributed by atoms with Gasteiger partial charge in [0, 0.05) is 34.8 Å². The zero-order valence-electron chi connectivity index (χ0n) is 23.3. The molecule has 0 bridgehead atoms. The number of allylic oxidation sites excluding steroid dienone is 1. The molecule has 5 rings (SSSR count). The average molecular weight is 625 g/mol. The lowest BCUT2D eigenvalue weighted by Crippen LogP contribution is -2.43. The molecule has 11 heteroatoms. The summed E-state index contributed by atoms with van der Waals surface area (Å²) >= 11 is 13.6. The Morgan fingerprint density at radius 2 is 1.76 bits per heavy atom. The molecule has 0 radical (unpaired) electrons. The second kappa shape index (κ2) is 12.1. The van der Waals surface area contributed by atoms with Gasteiger partial charge in [0.05, 0.1) is 34.5 Å². The molecule has 8 nitrogen and oxygen atoms in total. The zero-order chi connectivity index (χ0) is 30.1. The molecule has 1 atom stereocenters. The number of hydrogen-bond donors (Lipinski definition) is 0. The van der Waals surface area contributed by atoms with Gasteiger partial charge in [-0.2, -0.15) is 0 Å². The van der Waals surface area contributed by atoms with Gasteiger partial charge in [-0.1, -0.05) is 46.7 Å². The number of amides is 1. The SMILES string of the molecule is CCN(CC)C(=O)C1=C(C)N=c2s/c(=C\c3ccc(-c4cc(Cl)ccc4C(=O)OC)o3)c(=O)n2[C@H]1c1ccc(Cl)cc1. The van der Waals surface area contributed by atoms with Crippen LogP contribution in [0.4, 0.5) is 0 Å². The Bertz CT molecular complexity index is 1900. The number of esters is 1. The Kier molecular flexibility index (Phi) is 8.54. The quantitative estimate of drug-likeness (QED) is 0.255.